The number of carbonyl (C=O) groups excluding carboxylic acids is 1. The van der Waals surface area contributed by atoms with Gasteiger partial charge in [-0.05, 0) is 30.5 Å². The molecule has 0 aromatic heterocycles. The molecule has 1 saturated carbocycles. The molecule has 0 spiro atoms. The van der Waals surface area contributed by atoms with Crippen LogP contribution in [0.1, 0.15) is 31.2 Å². The van der Waals surface area contributed by atoms with Gasteiger partial charge in [0.25, 0.3) is 0 Å². The Labute approximate surface area is 143 Å². The van der Waals surface area contributed by atoms with Gasteiger partial charge in [-0.1, -0.05) is 25.0 Å². The molecular weight excluding hydrogens is 319 g/mol. The minimum atomic E-state index is 0.123. The zero-order valence-corrected chi connectivity index (χ0v) is 14.4. The molecule has 1 aliphatic carbocycles. The normalized spacial score (nSPS) is 15.0. The summed E-state index contributed by atoms with van der Waals surface area (Å²) in [6.45, 7) is 1.55. The highest BCUT2D eigenvalue weighted by atomic mass is 35.5. The third kappa shape index (κ3) is 5.36. The number of carbonyl (C=O) groups is 1. The first-order valence-corrected chi connectivity index (χ1v) is 9.05. The molecule has 22 heavy (non-hydrogen) atoms. The molecule has 1 fully saturated rings. The van der Waals surface area contributed by atoms with Crippen LogP contribution in [-0.2, 0) is 11.2 Å². The molecule has 1 amide bonds. The highest BCUT2D eigenvalue weighted by Crippen LogP contribution is 2.18. The predicted octanol–water partition coefficient (Wildman–Crippen LogP) is 3.57. The molecule has 122 valence electrons. The maximum absolute atomic E-state index is 12.0. The van der Waals surface area contributed by atoms with Crippen LogP contribution in [0.3, 0.4) is 0 Å². The number of nitrogens with zero attached hydrogens (tertiary/aromatic N) is 1. The second-order valence-electron chi connectivity index (χ2n) is 5.76. The van der Waals surface area contributed by atoms with Gasteiger partial charge < -0.3 is 10.2 Å². The number of nitrogens with one attached hydrogen (secondary N) is 1. The molecule has 1 aromatic carbocycles. The molecule has 2 rings (SSSR count). The number of alkyl halides is 2. The number of anilines is 1. The smallest absolute Gasteiger partial charge is 0.224 e. The van der Waals surface area contributed by atoms with E-state index < -0.39 is 0 Å². The predicted molar refractivity (Wildman–Crippen MR) is 94.2 cm³/mol. The minimum absolute atomic E-state index is 0.123. The molecule has 0 unspecified atom stereocenters. The summed E-state index contributed by atoms with van der Waals surface area (Å²) >= 11 is 11.7. The third-order valence-electron chi connectivity index (χ3n) is 4.10. The van der Waals surface area contributed by atoms with Crippen molar-refractivity contribution in [3.05, 3.63) is 29.8 Å². The summed E-state index contributed by atoms with van der Waals surface area (Å²) < 4.78 is 0. The highest BCUT2D eigenvalue weighted by Gasteiger charge is 2.17. The van der Waals surface area contributed by atoms with Crippen LogP contribution < -0.4 is 10.2 Å². The average molecular weight is 343 g/mol. The monoisotopic (exact) mass is 342 g/mol. The van der Waals surface area contributed by atoms with Crippen LogP contribution in [0.2, 0.25) is 0 Å². The van der Waals surface area contributed by atoms with Crippen LogP contribution in [-0.4, -0.2) is 36.8 Å². The Morgan fingerprint density at radius 1 is 1.09 bits per heavy atom. The third-order valence-corrected chi connectivity index (χ3v) is 4.43. The van der Waals surface area contributed by atoms with Gasteiger partial charge in [0, 0.05) is 36.6 Å². The van der Waals surface area contributed by atoms with E-state index in [0.717, 1.165) is 37.2 Å². The Morgan fingerprint density at radius 3 is 2.23 bits per heavy atom. The summed E-state index contributed by atoms with van der Waals surface area (Å²) in [7, 11) is 0. The van der Waals surface area contributed by atoms with Crippen LogP contribution in [0, 0.1) is 0 Å². The van der Waals surface area contributed by atoms with Crippen molar-refractivity contribution in [3.8, 4) is 0 Å². The number of halogens is 2. The van der Waals surface area contributed by atoms with E-state index in [1.807, 2.05) is 24.3 Å². The van der Waals surface area contributed by atoms with E-state index in [4.69, 9.17) is 23.2 Å². The molecule has 0 bridgehead atoms. The quantitative estimate of drug-likeness (QED) is 0.732. The Morgan fingerprint density at radius 2 is 1.68 bits per heavy atom. The van der Waals surface area contributed by atoms with E-state index in [1.54, 1.807) is 0 Å². The van der Waals surface area contributed by atoms with Gasteiger partial charge in [0.05, 0.1) is 6.42 Å². The maximum Gasteiger partial charge on any atom is 0.224 e. The molecule has 0 atom stereocenters. The van der Waals surface area contributed by atoms with E-state index in [9.17, 15) is 4.79 Å². The van der Waals surface area contributed by atoms with Crippen molar-refractivity contribution < 1.29 is 4.79 Å². The molecule has 0 heterocycles. The second kappa shape index (κ2) is 9.26. The van der Waals surface area contributed by atoms with Crippen molar-refractivity contribution in [2.45, 2.75) is 38.1 Å². The van der Waals surface area contributed by atoms with Crippen LogP contribution >= 0.6 is 23.2 Å². The molecule has 0 saturated heterocycles. The first kappa shape index (κ1) is 17.4. The fourth-order valence-electron chi connectivity index (χ4n) is 2.93. The minimum Gasteiger partial charge on any atom is -0.369 e. The van der Waals surface area contributed by atoms with Crippen LogP contribution in [0.25, 0.3) is 0 Å². The Kier molecular flexibility index (Phi) is 7.34. The van der Waals surface area contributed by atoms with E-state index >= 15 is 0 Å². The van der Waals surface area contributed by atoms with Crippen molar-refractivity contribution in [1.29, 1.82) is 0 Å². The first-order chi connectivity index (χ1) is 10.7. The average Bonchev–Trinajstić information content (AvgIpc) is 3.00. The second-order valence-corrected chi connectivity index (χ2v) is 6.51. The number of hydrogen-bond donors (Lipinski definition) is 1. The van der Waals surface area contributed by atoms with E-state index in [0.29, 0.717) is 24.2 Å². The summed E-state index contributed by atoms with van der Waals surface area (Å²) in [4.78, 5) is 14.2. The standard InChI is InChI=1S/C17H24Cl2N2O/c18-9-11-21(12-10-19)16-7-5-14(6-8-16)13-17(22)20-15-3-1-2-4-15/h5-8,15H,1-4,9-13H2,(H,20,22). The maximum atomic E-state index is 12.0. The molecule has 0 radical (unpaired) electrons. The number of amides is 1. The topological polar surface area (TPSA) is 32.3 Å². The summed E-state index contributed by atoms with van der Waals surface area (Å²) in [6.07, 6.45) is 5.15. The Balaban J connectivity index is 1.88. The zero-order chi connectivity index (χ0) is 15.8. The van der Waals surface area contributed by atoms with Gasteiger partial charge >= 0.3 is 0 Å². The zero-order valence-electron chi connectivity index (χ0n) is 12.9. The lowest BCUT2D eigenvalue weighted by atomic mass is 10.1. The lowest BCUT2D eigenvalue weighted by Gasteiger charge is -2.23. The first-order valence-electron chi connectivity index (χ1n) is 7.98. The van der Waals surface area contributed by atoms with Crippen LogP contribution in [0.15, 0.2) is 24.3 Å². The molecule has 1 aromatic rings. The molecule has 3 nitrogen and oxygen atoms in total. The number of hydrogen-bond acceptors (Lipinski definition) is 2. The van der Waals surface area contributed by atoms with Crippen molar-refractivity contribution in [1.82, 2.24) is 5.32 Å². The highest BCUT2D eigenvalue weighted by molar-refractivity contribution is 6.18. The number of benzene rings is 1. The van der Waals surface area contributed by atoms with E-state index in [1.165, 1.54) is 12.8 Å². The lowest BCUT2D eigenvalue weighted by molar-refractivity contribution is -0.121. The Hall–Kier alpha value is -0.930. The van der Waals surface area contributed by atoms with Crippen molar-refractivity contribution in [2.24, 2.45) is 0 Å². The fraction of sp³-hybridized carbons (Fsp3) is 0.588. The summed E-state index contributed by atoms with van der Waals surface area (Å²) in [5.74, 6) is 1.27. The van der Waals surface area contributed by atoms with Crippen LogP contribution in [0.5, 0.6) is 0 Å². The van der Waals surface area contributed by atoms with Crippen molar-refractivity contribution in [3.63, 3.8) is 0 Å². The number of rotatable bonds is 8. The summed E-state index contributed by atoms with van der Waals surface area (Å²) in [6, 6.07) is 8.49. The largest absolute Gasteiger partial charge is 0.369 e. The van der Waals surface area contributed by atoms with Crippen molar-refractivity contribution in [2.75, 3.05) is 29.7 Å². The van der Waals surface area contributed by atoms with Gasteiger partial charge in [-0.25, -0.2) is 0 Å². The van der Waals surface area contributed by atoms with Gasteiger partial charge in [-0.3, -0.25) is 4.79 Å². The van der Waals surface area contributed by atoms with E-state index in [-0.39, 0.29) is 5.91 Å². The lowest BCUT2D eigenvalue weighted by Crippen LogP contribution is -2.33. The SMILES string of the molecule is O=C(Cc1ccc(N(CCCl)CCCl)cc1)NC1CCCC1. The molecule has 1 N–H and O–H groups in total. The van der Waals surface area contributed by atoms with Crippen molar-refractivity contribution >= 4 is 34.8 Å². The molecule has 5 heteroatoms. The Bertz CT molecular complexity index is 452. The van der Waals surface area contributed by atoms with Gasteiger partial charge in [0.15, 0.2) is 0 Å². The summed E-state index contributed by atoms with van der Waals surface area (Å²) in [5, 5.41) is 3.12. The fourth-order valence-corrected chi connectivity index (χ4v) is 3.34. The molecule has 1 aliphatic rings. The molecular formula is C17H24Cl2N2O. The summed E-state index contributed by atoms with van der Waals surface area (Å²) in [5.41, 5.74) is 2.14. The van der Waals surface area contributed by atoms with Gasteiger partial charge in [-0.15, -0.1) is 23.2 Å². The van der Waals surface area contributed by atoms with Gasteiger partial charge in [0.2, 0.25) is 5.91 Å². The van der Waals surface area contributed by atoms with Gasteiger partial charge in [-0.2, -0.15) is 0 Å². The van der Waals surface area contributed by atoms with Crippen LogP contribution in [0.4, 0.5) is 5.69 Å². The van der Waals surface area contributed by atoms with E-state index in [2.05, 4.69) is 10.2 Å². The van der Waals surface area contributed by atoms with Gasteiger partial charge in [0.1, 0.15) is 0 Å². The molecule has 0 aliphatic heterocycles.